The predicted octanol–water partition coefficient (Wildman–Crippen LogP) is 22.6. The lowest BCUT2D eigenvalue weighted by atomic mass is 10.0. The fraction of sp³-hybridized carbons (Fsp3) is 0.708. The first-order chi connectivity index (χ1) is 38.5. The molecule has 0 aromatic rings. The Balaban J connectivity index is 4.33. The molecule has 0 aliphatic heterocycles. The van der Waals surface area contributed by atoms with E-state index in [9.17, 15) is 14.4 Å². The van der Waals surface area contributed by atoms with Gasteiger partial charge < -0.3 is 14.2 Å². The summed E-state index contributed by atoms with van der Waals surface area (Å²) >= 11 is 0. The molecule has 0 amide bonds. The van der Waals surface area contributed by atoms with Gasteiger partial charge in [0.1, 0.15) is 13.2 Å². The van der Waals surface area contributed by atoms with Crippen LogP contribution in [0.15, 0.2) is 109 Å². The van der Waals surface area contributed by atoms with Gasteiger partial charge in [-0.2, -0.15) is 0 Å². The second-order valence-corrected chi connectivity index (χ2v) is 21.6. The summed E-state index contributed by atoms with van der Waals surface area (Å²) in [7, 11) is 0. The number of rotatable bonds is 59. The molecule has 1 unspecified atom stereocenters. The average Bonchev–Trinajstić information content (AvgIpc) is 3.44. The van der Waals surface area contributed by atoms with Crippen molar-refractivity contribution in [1.29, 1.82) is 0 Å². The molecule has 0 aromatic carbocycles. The van der Waals surface area contributed by atoms with Gasteiger partial charge in [0.2, 0.25) is 0 Å². The van der Waals surface area contributed by atoms with Crippen molar-refractivity contribution in [1.82, 2.24) is 0 Å². The van der Waals surface area contributed by atoms with Gasteiger partial charge in [0.15, 0.2) is 6.10 Å². The molecule has 0 radical (unpaired) electrons. The molecule has 0 saturated heterocycles. The molecule has 0 rings (SSSR count). The van der Waals surface area contributed by atoms with E-state index < -0.39 is 6.10 Å². The van der Waals surface area contributed by atoms with Gasteiger partial charge in [-0.25, -0.2) is 0 Å². The van der Waals surface area contributed by atoms with E-state index in [4.69, 9.17) is 14.2 Å². The Kier molecular flexibility index (Phi) is 62.3. The highest BCUT2D eigenvalue weighted by atomic mass is 16.6. The molecule has 0 saturated carbocycles. The minimum absolute atomic E-state index is 0.0998. The van der Waals surface area contributed by atoms with Crippen molar-refractivity contribution in [2.45, 2.75) is 316 Å². The van der Waals surface area contributed by atoms with Crippen molar-refractivity contribution in [3.05, 3.63) is 109 Å². The second kappa shape index (κ2) is 65.6. The largest absolute Gasteiger partial charge is 0.462 e. The van der Waals surface area contributed by atoms with E-state index in [1.807, 2.05) is 6.08 Å². The molecule has 0 spiro atoms. The zero-order chi connectivity index (χ0) is 56.4. The smallest absolute Gasteiger partial charge is 0.306 e. The van der Waals surface area contributed by atoms with Crippen LogP contribution in [-0.2, 0) is 28.6 Å². The summed E-state index contributed by atoms with van der Waals surface area (Å²) in [4.78, 5) is 38.3. The Labute approximate surface area is 482 Å². The number of carbonyl (C=O) groups is 3. The summed E-state index contributed by atoms with van der Waals surface area (Å²) in [5.41, 5.74) is 0. The lowest BCUT2D eigenvalue weighted by Gasteiger charge is -2.18. The molecule has 446 valence electrons. The van der Waals surface area contributed by atoms with Gasteiger partial charge in [-0.3, -0.25) is 14.4 Å². The van der Waals surface area contributed by atoms with Crippen LogP contribution in [0.3, 0.4) is 0 Å². The van der Waals surface area contributed by atoms with E-state index in [0.29, 0.717) is 19.3 Å². The third-order valence-corrected chi connectivity index (χ3v) is 14.0. The maximum Gasteiger partial charge on any atom is 0.306 e. The minimum Gasteiger partial charge on any atom is -0.462 e. The Morgan fingerprint density at radius 2 is 0.526 bits per heavy atom. The number of unbranched alkanes of at least 4 members (excludes halogenated alkanes) is 30. The zero-order valence-corrected chi connectivity index (χ0v) is 51.2. The van der Waals surface area contributed by atoms with Gasteiger partial charge in [-0.1, -0.05) is 310 Å². The van der Waals surface area contributed by atoms with E-state index in [1.165, 1.54) is 167 Å². The Bertz CT molecular complexity index is 1570. The van der Waals surface area contributed by atoms with Crippen molar-refractivity contribution in [3.63, 3.8) is 0 Å². The number of hydrogen-bond acceptors (Lipinski definition) is 6. The lowest BCUT2D eigenvalue weighted by molar-refractivity contribution is -0.166. The molecule has 0 aliphatic rings. The maximum absolute atomic E-state index is 12.9. The zero-order valence-electron chi connectivity index (χ0n) is 51.2. The summed E-state index contributed by atoms with van der Waals surface area (Å²) in [5, 5.41) is 0. The molecule has 0 aromatic heterocycles. The molecule has 0 N–H and O–H groups in total. The summed E-state index contributed by atoms with van der Waals surface area (Å²) < 4.78 is 16.9. The van der Waals surface area contributed by atoms with Crippen LogP contribution in [0.1, 0.15) is 310 Å². The van der Waals surface area contributed by atoms with E-state index in [1.54, 1.807) is 0 Å². The van der Waals surface area contributed by atoms with Crippen LogP contribution >= 0.6 is 0 Å². The molecule has 0 fully saturated rings. The maximum atomic E-state index is 12.9. The standard InChI is InChI=1S/C72H122O6/c1-4-7-10-13-16-19-22-25-27-29-31-33-34-35-36-37-38-39-41-42-44-47-50-53-56-59-62-65-71(74)77-68-69(67-76-70(73)64-61-58-55-52-49-46-24-21-18-15-12-9-6-3)78-72(75)66-63-60-57-54-51-48-45-43-40-32-30-28-26-23-20-17-14-11-8-5-2/h7,9-10,12,16,18-19,21,25,27,31,33,35-36,46,49,55,58,69H,4-6,8,11,13-15,17,20,22-24,26,28-30,32,34,37-45,47-48,50-54,56-57,59-68H2,1-3H3/b10-7-,12-9-,19-16-,21-18-,27-25-,33-31-,36-35-,49-46-,58-55-. The first-order valence-electron chi connectivity index (χ1n) is 32.9. The van der Waals surface area contributed by atoms with Crippen molar-refractivity contribution >= 4 is 17.9 Å². The van der Waals surface area contributed by atoms with Crippen molar-refractivity contribution in [2.75, 3.05) is 13.2 Å². The predicted molar refractivity (Wildman–Crippen MR) is 339 cm³/mol. The Morgan fingerprint density at radius 3 is 0.859 bits per heavy atom. The molecule has 6 nitrogen and oxygen atoms in total. The number of hydrogen-bond donors (Lipinski definition) is 0. The van der Waals surface area contributed by atoms with Crippen LogP contribution in [0.25, 0.3) is 0 Å². The average molecular weight is 1080 g/mol. The first-order valence-corrected chi connectivity index (χ1v) is 32.9. The highest BCUT2D eigenvalue weighted by Crippen LogP contribution is 2.17. The highest BCUT2D eigenvalue weighted by Gasteiger charge is 2.19. The molecule has 0 heterocycles. The number of ether oxygens (including phenoxy) is 3. The summed E-state index contributed by atoms with van der Waals surface area (Å²) in [6.07, 6.45) is 89.8. The van der Waals surface area contributed by atoms with Crippen LogP contribution in [0, 0.1) is 0 Å². The van der Waals surface area contributed by atoms with Gasteiger partial charge in [-0.05, 0) is 89.9 Å². The summed E-state index contributed by atoms with van der Waals surface area (Å²) in [5.74, 6) is -0.976. The molecule has 0 bridgehead atoms. The van der Waals surface area contributed by atoms with E-state index in [2.05, 4.69) is 124 Å². The molecule has 1 atom stereocenters. The third-order valence-electron chi connectivity index (χ3n) is 14.0. The van der Waals surface area contributed by atoms with Gasteiger partial charge in [-0.15, -0.1) is 0 Å². The number of carbonyl (C=O) groups excluding carboxylic acids is 3. The topological polar surface area (TPSA) is 78.9 Å². The number of allylic oxidation sites excluding steroid dienone is 18. The normalized spacial score (nSPS) is 12.8. The quantitative estimate of drug-likeness (QED) is 0.0261. The van der Waals surface area contributed by atoms with Crippen LogP contribution in [0.5, 0.6) is 0 Å². The van der Waals surface area contributed by atoms with Gasteiger partial charge >= 0.3 is 17.9 Å². The van der Waals surface area contributed by atoms with Gasteiger partial charge in [0.25, 0.3) is 0 Å². The van der Waals surface area contributed by atoms with Gasteiger partial charge in [0.05, 0.1) is 0 Å². The van der Waals surface area contributed by atoms with Crippen molar-refractivity contribution < 1.29 is 28.6 Å². The van der Waals surface area contributed by atoms with Crippen LogP contribution in [0.4, 0.5) is 0 Å². The fourth-order valence-electron chi connectivity index (χ4n) is 9.19. The SMILES string of the molecule is CC/C=C\C/C=C\C/C=C\C/C=C\C/C=C\CCCCCCCCCCCCCC(=O)OCC(COC(=O)CC/C=C\C/C=C\C/C=C\C/C=C\CC)OC(=O)CCCCCCCCCCCCCCCCCCCCCC. The van der Waals surface area contributed by atoms with Crippen LogP contribution in [-0.4, -0.2) is 37.2 Å². The molecule has 78 heavy (non-hydrogen) atoms. The first kappa shape index (κ1) is 74.1. The van der Waals surface area contributed by atoms with Crippen LogP contribution in [0.2, 0.25) is 0 Å². The Morgan fingerprint density at radius 1 is 0.269 bits per heavy atom. The minimum atomic E-state index is -0.809. The van der Waals surface area contributed by atoms with E-state index >= 15 is 0 Å². The molecule has 6 heteroatoms. The van der Waals surface area contributed by atoms with Crippen LogP contribution < -0.4 is 0 Å². The monoisotopic (exact) mass is 1080 g/mol. The summed E-state index contributed by atoms with van der Waals surface area (Å²) in [6, 6.07) is 0. The summed E-state index contributed by atoms with van der Waals surface area (Å²) in [6.45, 7) is 6.38. The van der Waals surface area contributed by atoms with Gasteiger partial charge in [0, 0.05) is 19.3 Å². The second-order valence-electron chi connectivity index (χ2n) is 21.6. The third kappa shape index (κ3) is 62.9. The lowest BCUT2D eigenvalue weighted by Crippen LogP contribution is -2.30. The van der Waals surface area contributed by atoms with E-state index in [-0.39, 0.29) is 37.5 Å². The van der Waals surface area contributed by atoms with Crippen molar-refractivity contribution in [2.24, 2.45) is 0 Å². The van der Waals surface area contributed by atoms with E-state index in [0.717, 1.165) is 96.3 Å². The molecular formula is C72H122O6. The number of esters is 3. The molecule has 0 aliphatic carbocycles. The fourth-order valence-corrected chi connectivity index (χ4v) is 9.19. The Hall–Kier alpha value is -3.93. The molecular weight excluding hydrogens is 961 g/mol. The highest BCUT2D eigenvalue weighted by molar-refractivity contribution is 5.71. The van der Waals surface area contributed by atoms with Crippen molar-refractivity contribution in [3.8, 4) is 0 Å².